The molecule has 13 heteroatoms. The first-order valence-corrected chi connectivity index (χ1v) is 18.0. The molecule has 0 bridgehead atoms. The van der Waals surface area contributed by atoms with Gasteiger partial charge in [0.1, 0.15) is 6.10 Å². The zero-order valence-electron chi connectivity index (χ0n) is 28.3. The molecule has 264 valence electrons. The van der Waals surface area contributed by atoms with E-state index in [1.807, 2.05) is 26.0 Å². The van der Waals surface area contributed by atoms with E-state index in [1.54, 1.807) is 25.1 Å². The fourth-order valence-electron chi connectivity index (χ4n) is 6.15. The highest BCUT2D eigenvalue weighted by Gasteiger charge is 2.51. The van der Waals surface area contributed by atoms with Crippen molar-refractivity contribution in [3.05, 3.63) is 65.8 Å². The Morgan fingerprint density at radius 1 is 1.10 bits per heavy atom. The molecule has 0 radical (unpaired) electrons. The molecule has 0 aromatic heterocycles. The standard InChI is InChI=1S/C35H49N3O9S/c1-22(7-14-32-23(2)16-31(25(4)46-32)38-33(40)15-8-24(3)45-26(5)39)6-11-28-18-35(21-44-35)19-29(47-28)17-34(41)37-20-27-9-12-30(13-10-27)48(36,42)43/h6-13,15,23-25,28-29,31-32H,14,16-21H2,1-5H3,(H,37,41)(H,38,40)(H2,36,42,43)/b11-6+,15-8-,22-7+/t23-,24-,25+,28+,29+,31+,32-,35+/m0/s1. The number of esters is 1. The summed E-state index contributed by atoms with van der Waals surface area (Å²) in [4.78, 5) is 36.2. The van der Waals surface area contributed by atoms with Crippen LogP contribution in [0.15, 0.2) is 65.1 Å². The van der Waals surface area contributed by atoms with Crippen LogP contribution in [0.2, 0.25) is 0 Å². The zero-order valence-corrected chi connectivity index (χ0v) is 29.2. The van der Waals surface area contributed by atoms with Gasteiger partial charge >= 0.3 is 5.97 Å². The third-order valence-electron chi connectivity index (χ3n) is 8.91. The van der Waals surface area contributed by atoms with Gasteiger partial charge in [0.15, 0.2) is 0 Å². The maximum absolute atomic E-state index is 12.7. The lowest BCUT2D eigenvalue weighted by molar-refractivity contribution is -0.143. The number of carbonyl (C=O) groups is 3. The summed E-state index contributed by atoms with van der Waals surface area (Å²) in [7, 11) is -3.77. The number of nitrogens with two attached hydrogens (primary N) is 1. The predicted octanol–water partition coefficient (Wildman–Crippen LogP) is 3.36. The molecular weight excluding hydrogens is 638 g/mol. The van der Waals surface area contributed by atoms with Crippen LogP contribution in [-0.4, -0.2) is 75.0 Å². The lowest BCUT2D eigenvalue weighted by atomic mass is 9.88. The van der Waals surface area contributed by atoms with E-state index in [2.05, 4.69) is 23.6 Å². The van der Waals surface area contributed by atoms with E-state index in [4.69, 9.17) is 24.1 Å². The number of primary sulfonamides is 1. The Labute approximate surface area is 283 Å². The van der Waals surface area contributed by atoms with Crippen molar-refractivity contribution in [3.63, 3.8) is 0 Å². The Balaban J connectivity index is 1.22. The van der Waals surface area contributed by atoms with Gasteiger partial charge in [-0.1, -0.05) is 42.9 Å². The molecule has 1 aromatic carbocycles. The third kappa shape index (κ3) is 11.7. The van der Waals surface area contributed by atoms with E-state index in [0.29, 0.717) is 13.0 Å². The molecule has 4 N–H and O–H groups in total. The average Bonchev–Trinajstić information content (AvgIpc) is 3.75. The molecule has 4 rings (SSSR count). The van der Waals surface area contributed by atoms with E-state index in [-0.39, 0.29) is 71.7 Å². The summed E-state index contributed by atoms with van der Waals surface area (Å²) < 4.78 is 46.3. The molecule has 3 heterocycles. The molecule has 3 aliphatic heterocycles. The van der Waals surface area contributed by atoms with Crippen LogP contribution in [-0.2, 0) is 49.9 Å². The number of hydrogen-bond donors (Lipinski definition) is 3. The number of nitrogens with one attached hydrogen (secondary N) is 2. The second kappa shape index (κ2) is 16.4. The summed E-state index contributed by atoms with van der Waals surface area (Å²) in [6.07, 6.45) is 11.2. The van der Waals surface area contributed by atoms with Crippen LogP contribution >= 0.6 is 0 Å². The maximum Gasteiger partial charge on any atom is 0.303 e. The van der Waals surface area contributed by atoms with Gasteiger partial charge in [-0.2, -0.15) is 0 Å². The summed E-state index contributed by atoms with van der Waals surface area (Å²) >= 11 is 0. The van der Waals surface area contributed by atoms with E-state index in [1.165, 1.54) is 25.1 Å². The van der Waals surface area contributed by atoms with Crippen LogP contribution in [0.1, 0.15) is 72.3 Å². The minimum Gasteiger partial charge on any atom is -0.459 e. The quantitative estimate of drug-likeness (QED) is 0.122. The highest BCUT2D eigenvalue weighted by molar-refractivity contribution is 7.89. The number of hydrogen-bond acceptors (Lipinski definition) is 9. The lowest BCUT2D eigenvalue weighted by Gasteiger charge is -2.39. The molecule has 3 fully saturated rings. The molecule has 48 heavy (non-hydrogen) atoms. The van der Waals surface area contributed by atoms with Crippen molar-refractivity contribution >= 4 is 27.8 Å². The molecule has 8 atom stereocenters. The normalized spacial score (nSPS) is 29.9. The monoisotopic (exact) mass is 687 g/mol. The molecule has 0 aliphatic carbocycles. The number of allylic oxidation sites excluding steroid dienone is 2. The van der Waals surface area contributed by atoms with Gasteiger partial charge in [-0.15, -0.1) is 0 Å². The largest absolute Gasteiger partial charge is 0.459 e. The molecule has 2 amide bonds. The average molecular weight is 688 g/mol. The van der Waals surface area contributed by atoms with Gasteiger partial charge in [0.05, 0.1) is 54.0 Å². The highest BCUT2D eigenvalue weighted by atomic mass is 32.2. The minimum atomic E-state index is -3.77. The van der Waals surface area contributed by atoms with Gasteiger partial charge in [-0.05, 0) is 63.3 Å². The number of benzene rings is 1. The summed E-state index contributed by atoms with van der Waals surface area (Å²) in [6.45, 7) is 10.1. The smallest absolute Gasteiger partial charge is 0.303 e. The summed E-state index contributed by atoms with van der Waals surface area (Å²) in [6, 6.07) is 5.96. The van der Waals surface area contributed by atoms with Crippen LogP contribution in [0.4, 0.5) is 0 Å². The minimum absolute atomic E-state index is 0.0135. The van der Waals surface area contributed by atoms with E-state index < -0.39 is 22.1 Å². The fourth-order valence-corrected chi connectivity index (χ4v) is 6.67. The first kappa shape index (κ1) is 37.5. The second-order valence-electron chi connectivity index (χ2n) is 13.3. The molecule has 1 spiro atoms. The Hall–Kier alpha value is -3.36. The van der Waals surface area contributed by atoms with Crippen molar-refractivity contribution in [2.45, 2.75) is 120 Å². The number of rotatable bonds is 13. The molecule has 3 saturated heterocycles. The van der Waals surface area contributed by atoms with Crippen molar-refractivity contribution in [2.75, 3.05) is 6.61 Å². The van der Waals surface area contributed by atoms with Crippen LogP contribution in [0.3, 0.4) is 0 Å². The Morgan fingerprint density at radius 3 is 2.46 bits per heavy atom. The molecule has 0 unspecified atom stereocenters. The Bertz CT molecular complexity index is 1500. The van der Waals surface area contributed by atoms with E-state index in [9.17, 15) is 22.8 Å². The predicted molar refractivity (Wildman–Crippen MR) is 179 cm³/mol. The van der Waals surface area contributed by atoms with Gasteiger partial charge in [0.2, 0.25) is 21.8 Å². The SMILES string of the molecule is CC(=O)O[C@@H](C)/C=C\C(=O)N[C@@H]1C[C@H](C)[C@H](C/C=C(C)/C=C/[C@@H]2C[C@]3(CO3)C[C@@H](CC(=O)NCc3ccc(S(N)(=O)=O)cc3)O2)O[C@@H]1C. The first-order chi connectivity index (χ1) is 22.6. The van der Waals surface area contributed by atoms with Crippen LogP contribution in [0.5, 0.6) is 0 Å². The van der Waals surface area contributed by atoms with Gasteiger partial charge in [0.25, 0.3) is 0 Å². The van der Waals surface area contributed by atoms with Gasteiger partial charge < -0.3 is 29.6 Å². The van der Waals surface area contributed by atoms with Crippen LogP contribution in [0, 0.1) is 5.92 Å². The van der Waals surface area contributed by atoms with E-state index >= 15 is 0 Å². The maximum atomic E-state index is 12.7. The number of amides is 2. The zero-order chi connectivity index (χ0) is 35.1. The molecule has 12 nitrogen and oxygen atoms in total. The Morgan fingerprint density at radius 2 is 1.81 bits per heavy atom. The van der Waals surface area contributed by atoms with Crippen molar-refractivity contribution in [1.82, 2.24) is 10.6 Å². The topological polar surface area (TPSA) is 176 Å². The number of ether oxygens (including phenoxy) is 4. The first-order valence-electron chi connectivity index (χ1n) is 16.4. The van der Waals surface area contributed by atoms with Crippen LogP contribution < -0.4 is 15.8 Å². The van der Waals surface area contributed by atoms with Crippen molar-refractivity contribution in [2.24, 2.45) is 11.1 Å². The van der Waals surface area contributed by atoms with Crippen LogP contribution in [0.25, 0.3) is 0 Å². The number of carbonyl (C=O) groups excluding carboxylic acids is 3. The Kier molecular flexibility index (Phi) is 12.8. The molecule has 0 saturated carbocycles. The summed E-state index contributed by atoms with van der Waals surface area (Å²) in [5, 5.41) is 11.0. The lowest BCUT2D eigenvalue weighted by Crippen LogP contribution is -2.50. The molecule has 3 aliphatic rings. The van der Waals surface area contributed by atoms with Gasteiger partial charge in [-0.25, -0.2) is 13.6 Å². The highest BCUT2D eigenvalue weighted by Crippen LogP contribution is 2.43. The second-order valence-corrected chi connectivity index (χ2v) is 14.8. The van der Waals surface area contributed by atoms with Crippen molar-refractivity contribution < 1.29 is 41.7 Å². The summed E-state index contributed by atoms with van der Waals surface area (Å²) in [5.74, 6) is -0.577. The van der Waals surface area contributed by atoms with Gasteiger partial charge in [0, 0.05) is 32.4 Å². The fraction of sp³-hybridized carbons (Fsp3) is 0.571. The van der Waals surface area contributed by atoms with Gasteiger partial charge in [-0.3, -0.25) is 14.4 Å². The third-order valence-corrected chi connectivity index (χ3v) is 9.84. The molecule has 1 aromatic rings. The van der Waals surface area contributed by atoms with Crippen molar-refractivity contribution in [3.8, 4) is 0 Å². The van der Waals surface area contributed by atoms with Crippen molar-refractivity contribution in [1.29, 1.82) is 0 Å². The summed E-state index contributed by atoms with van der Waals surface area (Å²) in [5.41, 5.74) is 1.59. The van der Waals surface area contributed by atoms with E-state index in [0.717, 1.165) is 30.4 Å². The number of epoxide rings is 1. The number of sulfonamides is 1. The molecular formula is C35H49N3O9S.